The van der Waals surface area contributed by atoms with Gasteiger partial charge in [-0.05, 0) is 56.5 Å². The Labute approximate surface area is 118 Å². The number of hydrogen-bond acceptors (Lipinski definition) is 3. The molecule has 19 heavy (non-hydrogen) atoms. The van der Waals surface area contributed by atoms with E-state index in [1.54, 1.807) is 0 Å². The van der Waals surface area contributed by atoms with Crippen LogP contribution in [0.4, 0.5) is 0 Å². The SMILES string of the molecule is CC(C)(C)C1CCCN(C(CN)C2CCCO2)CC1. The number of rotatable bonds is 3. The van der Waals surface area contributed by atoms with Crippen molar-refractivity contribution in [2.24, 2.45) is 17.1 Å². The van der Waals surface area contributed by atoms with E-state index in [2.05, 4.69) is 25.7 Å². The Morgan fingerprint density at radius 1 is 1.16 bits per heavy atom. The Morgan fingerprint density at radius 2 is 1.95 bits per heavy atom. The fourth-order valence-electron chi connectivity index (χ4n) is 3.76. The van der Waals surface area contributed by atoms with Crippen molar-refractivity contribution in [3.05, 3.63) is 0 Å². The zero-order chi connectivity index (χ0) is 13.9. The third-order valence-corrected chi connectivity index (χ3v) is 5.09. The maximum atomic E-state index is 6.03. The van der Waals surface area contributed by atoms with Gasteiger partial charge in [0.1, 0.15) is 0 Å². The second-order valence-corrected chi connectivity index (χ2v) is 7.38. The molecule has 112 valence electrons. The van der Waals surface area contributed by atoms with Crippen LogP contribution >= 0.6 is 0 Å². The molecule has 2 rings (SSSR count). The van der Waals surface area contributed by atoms with Gasteiger partial charge < -0.3 is 10.5 Å². The zero-order valence-electron chi connectivity index (χ0n) is 13.0. The first kappa shape index (κ1) is 15.3. The van der Waals surface area contributed by atoms with Crippen LogP contribution in [0.1, 0.15) is 52.9 Å². The van der Waals surface area contributed by atoms with E-state index in [1.165, 1.54) is 45.2 Å². The lowest BCUT2D eigenvalue weighted by molar-refractivity contribution is 0.0274. The highest BCUT2D eigenvalue weighted by Gasteiger charge is 2.33. The molecule has 0 spiro atoms. The lowest BCUT2D eigenvalue weighted by atomic mass is 9.77. The first-order valence-electron chi connectivity index (χ1n) is 8.08. The molecule has 0 amide bonds. The van der Waals surface area contributed by atoms with Gasteiger partial charge in [-0.3, -0.25) is 4.90 Å². The molecule has 0 aromatic carbocycles. The van der Waals surface area contributed by atoms with E-state index in [4.69, 9.17) is 10.5 Å². The van der Waals surface area contributed by atoms with Gasteiger partial charge in [-0.2, -0.15) is 0 Å². The highest BCUT2D eigenvalue weighted by molar-refractivity contribution is 4.87. The van der Waals surface area contributed by atoms with Crippen LogP contribution in [-0.4, -0.2) is 43.3 Å². The Balaban J connectivity index is 1.93. The third kappa shape index (κ3) is 3.93. The molecule has 2 saturated heterocycles. The number of nitrogens with zero attached hydrogens (tertiary/aromatic N) is 1. The molecule has 2 heterocycles. The van der Waals surface area contributed by atoms with E-state index in [9.17, 15) is 0 Å². The molecule has 0 aliphatic carbocycles. The number of hydrogen-bond donors (Lipinski definition) is 1. The van der Waals surface area contributed by atoms with Crippen LogP contribution in [0.25, 0.3) is 0 Å². The second kappa shape index (κ2) is 6.55. The molecule has 0 aromatic heterocycles. The van der Waals surface area contributed by atoms with Crippen molar-refractivity contribution >= 4 is 0 Å². The van der Waals surface area contributed by atoms with Crippen LogP contribution in [0, 0.1) is 11.3 Å². The van der Waals surface area contributed by atoms with Gasteiger partial charge in [0.25, 0.3) is 0 Å². The van der Waals surface area contributed by atoms with E-state index < -0.39 is 0 Å². The third-order valence-electron chi connectivity index (χ3n) is 5.09. The van der Waals surface area contributed by atoms with Crippen LogP contribution in [0.5, 0.6) is 0 Å². The summed E-state index contributed by atoms with van der Waals surface area (Å²) in [5.74, 6) is 0.848. The number of nitrogens with two attached hydrogens (primary N) is 1. The molecule has 2 aliphatic rings. The predicted octanol–water partition coefficient (Wildman–Crippen LogP) is 2.64. The molecule has 3 unspecified atom stereocenters. The maximum absolute atomic E-state index is 6.03. The molecule has 0 aromatic rings. The summed E-state index contributed by atoms with van der Waals surface area (Å²) in [6.45, 7) is 11.2. The predicted molar refractivity (Wildman–Crippen MR) is 80.2 cm³/mol. The summed E-state index contributed by atoms with van der Waals surface area (Å²) in [6, 6.07) is 0.446. The van der Waals surface area contributed by atoms with Gasteiger partial charge in [-0.25, -0.2) is 0 Å². The van der Waals surface area contributed by atoms with E-state index in [1.807, 2.05) is 0 Å². The minimum absolute atomic E-state index is 0.385. The van der Waals surface area contributed by atoms with E-state index in [-0.39, 0.29) is 0 Å². The standard InChI is InChI=1S/C16H32N2O/c1-16(2,3)13-6-4-9-18(10-8-13)14(12-17)15-7-5-11-19-15/h13-15H,4-12,17H2,1-3H3. The smallest absolute Gasteiger partial charge is 0.0743 e. The molecule has 0 bridgehead atoms. The lowest BCUT2D eigenvalue weighted by Crippen LogP contribution is -2.48. The number of likely N-dealkylation sites (tertiary alicyclic amines) is 1. The van der Waals surface area contributed by atoms with Crippen molar-refractivity contribution in [3.63, 3.8) is 0 Å². The first-order valence-corrected chi connectivity index (χ1v) is 8.08. The summed E-state index contributed by atoms with van der Waals surface area (Å²) in [6.07, 6.45) is 6.78. The van der Waals surface area contributed by atoms with Gasteiger partial charge in [0.05, 0.1) is 6.10 Å². The second-order valence-electron chi connectivity index (χ2n) is 7.38. The fraction of sp³-hybridized carbons (Fsp3) is 1.00. The minimum Gasteiger partial charge on any atom is -0.377 e. The van der Waals surface area contributed by atoms with Gasteiger partial charge >= 0.3 is 0 Å². The average molecular weight is 268 g/mol. The molecule has 3 heteroatoms. The normalized spacial score (nSPS) is 32.2. The Hall–Kier alpha value is -0.120. The molecular formula is C16H32N2O. The summed E-state index contributed by atoms with van der Waals surface area (Å²) in [7, 11) is 0. The lowest BCUT2D eigenvalue weighted by Gasteiger charge is -2.34. The van der Waals surface area contributed by atoms with E-state index in [0.29, 0.717) is 17.6 Å². The molecule has 3 atom stereocenters. The first-order chi connectivity index (χ1) is 9.02. The summed E-state index contributed by atoms with van der Waals surface area (Å²) < 4.78 is 5.87. The van der Waals surface area contributed by atoms with Crippen LogP contribution in [-0.2, 0) is 4.74 Å². The van der Waals surface area contributed by atoms with Crippen molar-refractivity contribution < 1.29 is 4.74 Å². The van der Waals surface area contributed by atoms with Crippen LogP contribution < -0.4 is 5.73 Å². The summed E-state index contributed by atoms with van der Waals surface area (Å²) >= 11 is 0. The fourth-order valence-corrected chi connectivity index (χ4v) is 3.76. The van der Waals surface area contributed by atoms with Gasteiger partial charge in [0.15, 0.2) is 0 Å². The molecule has 0 saturated carbocycles. The largest absolute Gasteiger partial charge is 0.377 e. The van der Waals surface area contributed by atoms with Crippen molar-refractivity contribution in [1.29, 1.82) is 0 Å². The van der Waals surface area contributed by atoms with Crippen LogP contribution in [0.15, 0.2) is 0 Å². The topological polar surface area (TPSA) is 38.5 Å². The highest BCUT2D eigenvalue weighted by atomic mass is 16.5. The maximum Gasteiger partial charge on any atom is 0.0743 e. The molecule has 2 fully saturated rings. The molecule has 2 aliphatic heterocycles. The Morgan fingerprint density at radius 3 is 2.53 bits per heavy atom. The Bertz CT molecular complexity index is 268. The average Bonchev–Trinajstić information content (AvgIpc) is 2.73. The van der Waals surface area contributed by atoms with Crippen LogP contribution in [0.3, 0.4) is 0 Å². The van der Waals surface area contributed by atoms with Crippen LogP contribution in [0.2, 0.25) is 0 Å². The summed E-state index contributed by atoms with van der Waals surface area (Å²) in [5.41, 5.74) is 6.48. The van der Waals surface area contributed by atoms with Crippen molar-refractivity contribution in [3.8, 4) is 0 Å². The van der Waals surface area contributed by atoms with Crippen molar-refractivity contribution in [2.75, 3.05) is 26.2 Å². The molecule has 3 nitrogen and oxygen atoms in total. The monoisotopic (exact) mass is 268 g/mol. The quantitative estimate of drug-likeness (QED) is 0.855. The molecule has 0 radical (unpaired) electrons. The Kier molecular flexibility index (Phi) is 5.27. The zero-order valence-corrected chi connectivity index (χ0v) is 13.0. The van der Waals surface area contributed by atoms with Gasteiger partial charge in [0.2, 0.25) is 0 Å². The van der Waals surface area contributed by atoms with Gasteiger partial charge in [0, 0.05) is 19.2 Å². The van der Waals surface area contributed by atoms with E-state index >= 15 is 0 Å². The van der Waals surface area contributed by atoms with Crippen molar-refractivity contribution in [1.82, 2.24) is 4.90 Å². The molecular weight excluding hydrogens is 236 g/mol. The van der Waals surface area contributed by atoms with Gasteiger partial charge in [-0.15, -0.1) is 0 Å². The highest BCUT2D eigenvalue weighted by Crippen LogP contribution is 2.35. The van der Waals surface area contributed by atoms with Gasteiger partial charge in [-0.1, -0.05) is 20.8 Å². The minimum atomic E-state index is 0.385. The van der Waals surface area contributed by atoms with E-state index in [0.717, 1.165) is 19.1 Å². The summed E-state index contributed by atoms with van der Waals surface area (Å²) in [4.78, 5) is 2.61. The number of ether oxygens (including phenoxy) is 1. The molecule has 2 N–H and O–H groups in total. The summed E-state index contributed by atoms with van der Waals surface area (Å²) in [5, 5.41) is 0. The van der Waals surface area contributed by atoms with Crippen molar-refractivity contribution in [2.45, 2.75) is 65.0 Å².